The zero-order valence-corrected chi connectivity index (χ0v) is 11.2. The summed E-state index contributed by atoms with van der Waals surface area (Å²) in [6, 6.07) is -0.542. The van der Waals surface area contributed by atoms with E-state index in [0.717, 1.165) is 4.90 Å². The van der Waals surface area contributed by atoms with E-state index < -0.39 is 44.8 Å². The first-order valence-corrected chi connectivity index (χ1v) is 7.58. The van der Waals surface area contributed by atoms with E-state index in [9.17, 15) is 14.5 Å². The Morgan fingerprint density at radius 3 is 2.90 bits per heavy atom. The minimum absolute atomic E-state index is 0.00561. The first-order valence-electron chi connectivity index (χ1n) is 5.79. The maximum atomic E-state index is 11.7. The molecule has 2 amide bonds. The number of nitrogens with two attached hydrogens (primary N) is 1. The highest BCUT2D eigenvalue weighted by Crippen LogP contribution is 2.36. The van der Waals surface area contributed by atoms with E-state index in [2.05, 4.69) is 5.32 Å². The smallest absolute Gasteiger partial charge is 0.351 e. The summed E-state index contributed by atoms with van der Waals surface area (Å²) >= 11 is 0. The van der Waals surface area contributed by atoms with Crippen LogP contribution in [0.3, 0.4) is 0 Å². The minimum atomic E-state index is -4.32. The molecule has 2 heterocycles. The van der Waals surface area contributed by atoms with Gasteiger partial charge in [-0.3, -0.25) is 9.46 Å². The van der Waals surface area contributed by atoms with Crippen molar-refractivity contribution in [1.29, 1.82) is 0 Å². The second-order valence-corrected chi connectivity index (χ2v) is 6.03. The van der Waals surface area contributed by atoms with Crippen LogP contribution >= 0.6 is 7.60 Å². The van der Waals surface area contributed by atoms with Gasteiger partial charge in [0.25, 0.3) is 0 Å². The van der Waals surface area contributed by atoms with E-state index in [1.807, 2.05) is 0 Å². The molecule has 0 aromatic heterocycles. The summed E-state index contributed by atoms with van der Waals surface area (Å²) in [5.41, 5.74) is 5.48. The molecule has 2 aliphatic rings. The van der Waals surface area contributed by atoms with E-state index in [-0.39, 0.29) is 6.42 Å². The highest BCUT2D eigenvalue weighted by molar-refractivity contribution is 7.51. The van der Waals surface area contributed by atoms with Crippen molar-refractivity contribution < 1.29 is 33.7 Å². The number of nitrogens with zero attached hydrogens (tertiary/aromatic N) is 1. The topological polar surface area (TPSA) is 155 Å². The average molecular weight is 309 g/mol. The second kappa shape index (κ2) is 5.78. The number of amides is 2. The van der Waals surface area contributed by atoms with Gasteiger partial charge in [0.1, 0.15) is 6.10 Å². The Morgan fingerprint density at radius 1 is 1.60 bits per heavy atom. The van der Waals surface area contributed by atoms with Gasteiger partial charge in [0, 0.05) is 12.6 Å². The van der Waals surface area contributed by atoms with E-state index in [4.69, 9.17) is 25.0 Å². The lowest BCUT2D eigenvalue weighted by Crippen LogP contribution is -2.54. The fraction of sp³-hybridized carbons (Fsp3) is 0.667. The number of carbonyl (C=O) groups is 1. The van der Waals surface area contributed by atoms with Gasteiger partial charge in [0.15, 0.2) is 18.9 Å². The van der Waals surface area contributed by atoms with Crippen molar-refractivity contribution in [2.75, 3.05) is 6.35 Å². The van der Waals surface area contributed by atoms with Crippen LogP contribution in [-0.4, -0.2) is 57.0 Å². The van der Waals surface area contributed by atoms with Crippen molar-refractivity contribution in [2.24, 2.45) is 5.73 Å². The second-order valence-electron chi connectivity index (χ2n) is 4.44. The van der Waals surface area contributed by atoms with Gasteiger partial charge in [-0.2, -0.15) is 0 Å². The number of ether oxygens (including phenoxy) is 2. The molecule has 20 heavy (non-hydrogen) atoms. The molecular formula is C9H16N3O7P. The highest BCUT2D eigenvalue weighted by atomic mass is 31.2. The molecular weight excluding hydrogens is 293 g/mol. The molecule has 0 radical (unpaired) electrons. The van der Waals surface area contributed by atoms with Crippen LogP contribution in [0, 0.1) is 0 Å². The first-order chi connectivity index (χ1) is 9.26. The Labute approximate surface area is 114 Å². The number of hydrogen-bond acceptors (Lipinski definition) is 6. The van der Waals surface area contributed by atoms with Gasteiger partial charge >= 0.3 is 13.6 Å². The lowest BCUT2D eigenvalue weighted by Gasteiger charge is -2.31. The molecule has 0 aromatic rings. The zero-order valence-electron chi connectivity index (χ0n) is 10.3. The van der Waals surface area contributed by atoms with Crippen LogP contribution in [-0.2, 0) is 14.0 Å². The summed E-state index contributed by atoms with van der Waals surface area (Å²) < 4.78 is 20.8. The Hall–Kier alpha value is -1.00. The fourth-order valence-corrected chi connectivity index (χ4v) is 2.23. The SMILES string of the molecule is NC1C=CN([C@@H]2O[C@H](OCP(=O)(O)O)C[C@@H]2O)C(=O)N1. The molecule has 0 spiro atoms. The largest absolute Gasteiger partial charge is 0.388 e. The third-order valence-electron chi connectivity index (χ3n) is 2.74. The van der Waals surface area contributed by atoms with Crippen LogP contribution in [0.4, 0.5) is 4.79 Å². The van der Waals surface area contributed by atoms with Crippen molar-refractivity contribution >= 4 is 13.6 Å². The average Bonchev–Trinajstić information content (AvgIpc) is 2.67. The summed E-state index contributed by atoms with van der Waals surface area (Å²) in [6.07, 6.45) is -1.59. The first kappa shape index (κ1) is 15.4. The van der Waals surface area contributed by atoms with Crippen LogP contribution in [0.5, 0.6) is 0 Å². The van der Waals surface area contributed by atoms with E-state index in [1.165, 1.54) is 12.3 Å². The molecule has 0 aliphatic carbocycles. The van der Waals surface area contributed by atoms with Gasteiger partial charge < -0.3 is 35.4 Å². The van der Waals surface area contributed by atoms with Crippen LogP contribution < -0.4 is 11.1 Å². The van der Waals surface area contributed by atoms with E-state index >= 15 is 0 Å². The molecule has 2 rings (SSSR count). The molecule has 0 aromatic carbocycles. The van der Waals surface area contributed by atoms with E-state index in [0.29, 0.717) is 0 Å². The molecule has 0 bridgehead atoms. The molecule has 0 saturated carbocycles. The number of nitrogens with one attached hydrogen (secondary N) is 1. The van der Waals surface area contributed by atoms with Crippen molar-refractivity contribution in [2.45, 2.75) is 31.2 Å². The van der Waals surface area contributed by atoms with Crippen molar-refractivity contribution in [3.63, 3.8) is 0 Å². The molecule has 11 heteroatoms. The third-order valence-corrected chi connectivity index (χ3v) is 3.22. The summed E-state index contributed by atoms with van der Waals surface area (Å²) in [4.78, 5) is 30.2. The normalized spacial score (nSPS) is 34.4. The molecule has 10 nitrogen and oxygen atoms in total. The van der Waals surface area contributed by atoms with Crippen LogP contribution in [0.1, 0.15) is 6.42 Å². The summed E-state index contributed by atoms with van der Waals surface area (Å²) in [5, 5.41) is 12.3. The Bertz CT molecular complexity index is 453. The third kappa shape index (κ3) is 3.76. The summed E-state index contributed by atoms with van der Waals surface area (Å²) in [5.74, 6) is 0. The fourth-order valence-electron chi connectivity index (χ4n) is 1.87. The molecule has 6 N–H and O–H groups in total. The van der Waals surface area contributed by atoms with Gasteiger partial charge in [0.2, 0.25) is 0 Å². The Kier molecular flexibility index (Phi) is 4.45. The van der Waals surface area contributed by atoms with Crippen LogP contribution in [0.15, 0.2) is 12.3 Å². The molecule has 1 unspecified atom stereocenters. The van der Waals surface area contributed by atoms with Gasteiger partial charge in [-0.1, -0.05) is 0 Å². The molecule has 2 aliphatic heterocycles. The van der Waals surface area contributed by atoms with Crippen LogP contribution in [0.25, 0.3) is 0 Å². The number of aliphatic hydroxyl groups excluding tert-OH is 1. The monoisotopic (exact) mass is 309 g/mol. The number of carbonyl (C=O) groups excluding carboxylic acids is 1. The lowest BCUT2D eigenvalue weighted by molar-refractivity contribution is -0.150. The van der Waals surface area contributed by atoms with Crippen molar-refractivity contribution in [3.8, 4) is 0 Å². The van der Waals surface area contributed by atoms with Gasteiger partial charge in [-0.15, -0.1) is 0 Å². The maximum absolute atomic E-state index is 11.7. The highest BCUT2D eigenvalue weighted by Gasteiger charge is 2.41. The molecule has 114 valence electrons. The van der Waals surface area contributed by atoms with Crippen LogP contribution in [0.2, 0.25) is 0 Å². The number of urea groups is 1. The standard InChI is InChI=1S/C9H16N3O7P/c10-6-1-2-12(9(14)11-6)8-5(13)3-7(19-8)18-4-20(15,16)17/h1-2,5-8,13H,3-4,10H2,(H,11,14)(H2,15,16,17)/t5-,6?,7-,8+/m0/s1. The van der Waals surface area contributed by atoms with Crippen molar-refractivity contribution in [3.05, 3.63) is 12.3 Å². The lowest BCUT2D eigenvalue weighted by atomic mass is 10.2. The molecule has 1 fully saturated rings. The Balaban J connectivity index is 1.95. The predicted octanol–water partition coefficient (Wildman–Crippen LogP) is -1.60. The summed E-state index contributed by atoms with van der Waals surface area (Å²) in [7, 11) is -4.32. The van der Waals surface area contributed by atoms with E-state index in [1.54, 1.807) is 0 Å². The number of rotatable bonds is 4. The number of hydrogen-bond donors (Lipinski definition) is 5. The minimum Gasteiger partial charge on any atom is -0.388 e. The number of aliphatic hydroxyl groups is 1. The van der Waals surface area contributed by atoms with Crippen molar-refractivity contribution in [1.82, 2.24) is 10.2 Å². The molecule has 4 atom stereocenters. The van der Waals surface area contributed by atoms with Gasteiger partial charge in [0.05, 0.1) is 6.17 Å². The summed E-state index contributed by atoms with van der Waals surface area (Å²) in [6.45, 7) is 0. The van der Waals surface area contributed by atoms with Gasteiger partial charge in [-0.25, -0.2) is 4.79 Å². The molecule has 1 saturated heterocycles. The Morgan fingerprint density at radius 2 is 2.30 bits per heavy atom. The zero-order chi connectivity index (χ0) is 14.9. The quantitative estimate of drug-likeness (QED) is 0.389. The predicted molar refractivity (Wildman–Crippen MR) is 64.8 cm³/mol. The van der Waals surface area contributed by atoms with Gasteiger partial charge in [-0.05, 0) is 6.08 Å². The maximum Gasteiger partial charge on any atom is 0.351 e.